The Hall–Kier alpha value is -1.78. The van der Waals surface area contributed by atoms with E-state index in [1.165, 1.54) is 12.0 Å². The van der Waals surface area contributed by atoms with E-state index in [-0.39, 0.29) is 0 Å². The van der Waals surface area contributed by atoms with Gasteiger partial charge in [0.05, 0.1) is 18.4 Å². The molecule has 0 unspecified atom stereocenters. The Balaban J connectivity index is 1.49. The SMILES string of the molecule is c1ccc(CO[C@@H]2CCCN(Cc3ccncc3)C2)nc1. The van der Waals surface area contributed by atoms with E-state index in [4.69, 9.17) is 4.74 Å². The summed E-state index contributed by atoms with van der Waals surface area (Å²) in [6.07, 6.45) is 8.16. The molecule has 1 fully saturated rings. The smallest absolute Gasteiger partial charge is 0.0892 e. The van der Waals surface area contributed by atoms with E-state index in [1.54, 1.807) is 0 Å². The molecule has 21 heavy (non-hydrogen) atoms. The van der Waals surface area contributed by atoms with E-state index in [1.807, 2.05) is 36.8 Å². The normalized spacial score (nSPS) is 19.5. The third-order valence-electron chi connectivity index (χ3n) is 3.81. The number of ether oxygens (including phenoxy) is 1. The van der Waals surface area contributed by atoms with Crippen LogP contribution in [0.3, 0.4) is 0 Å². The fraction of sp³-hybridized carbons (Fsp3) is 0.412. The molecule has 0 radical (unpaired) electrons. The van der Waals surface area contributed by atoms with Crippen LogP contribution in [0.2, 0.25) is 0 Å². The summed E-state index contributed by atoms with van der Waals surface area (Å²) in [6, 6.07) is 10.1. The van der Waals surface area contributed by atoms with Crippen molar-refractivity contribution in [1.29, 1.82) is 0 Å². The summed E-state index contributed by atoms with van der Waals surface area (Å²) in [4.78, 5) is 10.8. The van der Waals surface area contributed by atoms with Crippen LogP contribution in [0.15, 0.2) is 48.9 Å². The Bertz CT molecular complexity index is 532. The first kappa shape index (κ1) is 14.2. The van der Waals surface area contributed by atoms with Gasteiger partial charge in [-0.1, -0.05) is 6.07 Å². The van der Waals surface area contributed by atoms with Crippen molar-refractivity contribution < 1.29 is 4.74 Å². The summed E-state index contributed by atoms with van der Waals surface area (Å²) >= 11 is 0. The fourth-order valence-electron chi connectivity index (χ4n) is 2.73. The van der Waals surface area contributed by atoms with Gasteiger partial charge in [-0.25, -0.2) is 0 Å². The second-order valence-electron chi connectivity index (χ2n) is 5.49. The number of pyridine rings is 2. The molecule has 2 aromatic rings. The molecule has 3 heterocycles. The molecule has 0 spiro atoms. The summed E-state index contributed by atoms with van der Waals surface area (Å²) in [6.45, 7) is 3.72. The van der Waals surface area contributed by atoms with Gasteiger partial charge in [0.2, 0.25) is 0 Å². The van der Waals surface area contributed by atoms with Gasteiger partial charge in [0.15, 0.2) is 0 Å². The lowest BCUT2D eigenvalue weighted by molar-refractivity contribution is -0.0132. The molecule has 4 nitrogen and oxygen atoms in total. The van der Waals surface area contributed by atoms with E-state index in [9.17, 15) is 0 Å². The van der Waals surface area contributed by atoms with Gasteiger partial charge in [0, 0.05) is 31.7 Å². The van der Waals surface area contributed by atoms with Crippen molar-refractivity contribution in [2.75, 3.05) is 13.1 Å². The topological polar surface area (TPSA) is 38.2 Å². The lowest BCUT2D eigenvalue weighted by atomic mass is 10.1. The predicted octanol–water partition coefficient (Wildman–Crippen LogP) is 2.66. The Kier molecular flexibility index (Phi) is 4.92. The first-order chi connectivity index (χ1) is 10.4. The molecule has 110 valence electrons. The van der Waals surface area contributed by atoms with Crippen LogP contribution in [-0.4, -0.2) is 34.1 Å². The monoisotopic (exact) mass is 283 g/mol. The lowest BCUT2D eigenvalue weighted by Crippen LogP contribution is -2.39. The third-order valence-corrected chi connectivity index (χ3v) is 3.81. The summed E-state index contributed by atoms with van der Waals surface area (Å²) in [5.74, 6) is 0. The highest BCUT2D eigenvalue weighted by molar-refractivity contribution is 5.09. The maximum Gasteiger partial charge on any atom is 0.0892 e. The molecule has 0 aromatic carbocycles. The Morgan fingerprint density at radius 3 is 2.86 bits per heavy atom. The number of likely N-dealkylation sites (tertiary alicyclic amines) is 1. The van der Waals surface area contributed by atoms with Crippen molar-refractivity contribution in [2.24, 2.45) is 0 Å². The maximum atomic E-state index is 6.02. The molecule has 1 atom stereocenters. The number of nitrogens with zero attached hydrogens (tertiary/aromatic N) is 3. The predicted molar refractivity (Wildman–Crippen MR) is 81.6 cm³/mol. The highest BCUT2D eigenvalue weighted by Crippen LogP contribution is 2.16. The molecule has 2 aromatic heterocycles. The molecule has 0 saturated carbocycles. The zero-order chi connectivity index (χ0) is 14.3. The minimum absolute atomic E-state index is 0.308. The van der Waals surface area contributed by atoms with Crippen molar-refractivity contribution in [3.63, 3.8) is 0 Å². The van der Waals surface area contributed by atoms with Gasteiger partial charge in [0.25, 0.3) is 0 Å². The second kappa shape index (κ2) is 7.29. The van der Waals surface area contributed by atoms with Crippen molar-refractivity contribution in [2.45, 2.75) is 32.1 Å². The highest BCUT2D eigenvalue weighted by Gasteiger charge is 2.20. The van der Waals surface area contributed by atoms with E-state index >= 15 is 0 Å². The molecule has 0 aliphatic carbocycles. The molecule has 0 amide bonds. The minimum atomic E-state index is 0.308. The van der Waals surface area contributed by atoms with Crippen LogP contribution in [0, 0.1) is 0 Å². The lowest BCUT2D eigenvalue weighted by Gasteiger charge is -2.32. The standard InChI is InChI=1S/C17H21N3O/c1-2-8-19-16(4-1)14-21-17-5-3-11-20(13-17)12-15-6-9-18-10-7-15/h1-2,4,6-10,17H,3,5,11-14H2/t17-/m1/s1. The largest absolute Gasteiger partial charge is 0.371 e. The Morgan fingerprint density at radius 2 is 2.05 bits per heavy atom. The average molecular weight is 283 g/mol. The van der Waals surface area contributed by atoms with Gasteiger partial charge < -0.3 is 4.74 Å². The summed E-state index contributed by atoms with van der Waals surface area (Å²) in [5.41, 5.74) is 2.32. The van der Waals surface area contributed by atoms with Crippen LogP contribution in [0.5, 0.6) is 0 Å². The van der Waals surface area contributed by atoms with Gasteiger partial charge in [-0.05, 0) is 49.2 Å². The van der Waals surface area contributed by atoms with E-state index in [0.717, 1.165) is 31.7 Å². The molecule has 0 bridgehead atoms. The van der Waals surface area contributed by atoms with Crippen LogP contribution in [0.4, 0.5) is 0 Å². The summed E-state index contributed by atoms with van der Waals surface area (Å²) in [7, 11) is 0. The minimum Gasteiger partial charge on any atom is -0.371 e. The molecule has 1 aliphatic rings. The quantitative estimate of drug-likeness (QED) is 0.845. The van der Waals surface area contributed by atoms with Gasteiger partial charge >= 0.3 is 0 Å². The number of aromatic nitrogens is 2. The first-order valence-corrected chi connectivity index (χ1v) is 7.53. The number of hydrogen-bond donors (Lipinski definition) is 0. The van der Waals surface area contributed by atoms with Crippen molar-refractivity contribution >= 4 is 0 Å². The number of piperidine rings is 1. The van der Waals surface area contributed by atoms with Crippen LogP contribution < -0.4 is 0 Å². The number of rotatable bonds is 5. The number of hydrogen-bond acceptors (Lipinski definition) is 4. The van der Waals surface area contributed by atoms with Crippen LogP contribution in [0.25, 0.3) is 0 Å². The van der Waals surface area contributed by atoms with Crippen LogP contribution in [0.1, 0.15) is 24.1 Å². The maximum absolute atomic E-state index is 6.02. The first-order valence-electron chi connectivity index (χ1n) is 7.53. The second-order valence-corrected chi connectivity index (χ2v) is 5.49. The average Bonchev–Trinajstić information content (AvgIpc) is 2.55. The Morgan fingerprint density at radius 1 is 1.14 bits per heavy atom. The molecule has 4 heteroatoms. The zero-order valence-electron chi connectivity index (χ0n) is 12.2. The van der Waals surface area contributed by atoms with Crippen molar-refractivity contribution in [3.05, 3.63) is 60.2 Å². The van der Waals surface area contributed by atoms with E-state index < -0.39 is 0 Å². The van der Waals surface area contributed by atoms with E-state index in [2.05, 4.69) is 27.0 Å². The molecule has 3 rings (SSSR count). The van der Waals surface area contributed by atoms with Gasteiger partial charge in [0.1, 0.15) is 0 Å². The summed E-state index contributed by atoms with van der Waals surface area (Å²) in [5, 5.41) is 0. The van der Waals surface area contributed by atoms with E-state index in [0.29, 0.717) is 12.7 Å². The van der Waals surface area contributed by atoms with Gasteiger partial charge in [-0.15, -0.1) is 0 Å². The third kappa shape index (κ3) is 4.34. The van der Waals surface area contributed by atoms with Crippen molar-refractivity contribution in [3.8, 4) is 0 Å². The van der Waals surface area contributed by atoms with Gasteiger partial charge in [-0.2, -0.15) is 0 Å². The molecule has 0 N–H and O–H groups in total. The molecule has 1 aliphatic heterocycles. The molecule has 1 saturated heterocycles. The zero-order valence-corrected chi connectivity index (χ0v) is 12.2. The van der Waals surface area contributed by atoms with Crippen LogP contribution in [-0.2, 0) is 17.9 Å². The van der Waals surface area contributed by atoms with Crippen molar-refractivity contribution in [1.82, 2.24) is 14.9 Å². The molecular formula is C17H21N3O. The van der Waals surface area contributed by atoms with Gasteiger partial charge in [-0.3, -0.25) is 14.9 Å². The molecular weight excluding hydrogens is 262 g/mol. The van der Waals surface area contributed by atoms with Crippen LogP contribution >= 0.6 is 0 Å². The fourth-order valence-corrected chi connectivity index (χ4v) is 2.73. The highest BCUT2D eigenvalue weighted by atomic mass is 16.5. The summed E-state index contributed by atoms with van der Waals surface area (Å²) < 4.78 is 6.02. The Labute approximate surface area is 125 Å².